The van der Waals surface area contributed by atoms with Crippen LogP contribution in [0.5, 0.6) is 0 Å². The summed E-state index contributed by atoms with van der Waals surface area (Å²) in [5.41, 5.74) is 3.54. The van der Waals surface area contributed by atoms with E-state index in [-0.39, 0.29) is 42.2 Å². The lowest BCUT2D eigenvalue weighted by atomic mass is 10.0. The number of anilines is 1. The number of nitrogens with one attached hydrogen (secondary N) is 1. The summed E-state index contributed by atoms with van der Waals surface area (Å²) in [7, 11) is -3.59. The van der Waals surface area contributed by atoms with Gasteiger partial charge < -0.3 is 20.2 Å². The molecule has 16 heteroatoms. The number of hydrogen-bond donors (Lipinski definition) is 2. The molecule has 11 nitrogen and oxygen atoms in total. The van der Waals surface area contributed by atoms with Crippen molar-refractivity contribution in [1.29, 1.82) is 0 Å². The molecule has 4 aromatic rings. The van der Waals surface area contributed by atoms with E-state index in [0.717, 1.165) is 79.8 Å². The van der Waals surface area contributed by atoms with Crippen molar-refractivity contribution in [1.82, 2.24) is 23.9 Å². The van der Waals surface area contributed by atoms with Crippen molar-refractivity contribution in [2.24, 2.45) is 0 Å². The second-order valence-corrected chi connectivity index (χ2v) is 17.7. The van der Waals surface area contributed by atoms with Crippen molar-refractivity contribution in [2.75, 3.05) is 50.0 Å². The lowest BCUT2D eigenvalue weighted by molar-refractivity contribution is -0.139. The number of β-amino-alcohol motifs (C(OH)–C–C–N with tert-alkyl or cyclic N) is 1. The number of thioether (sulfide) groups is 1. The van der Waals surface area contributed by atoms with Crippen LogP contribution in [0.3, 0.4) is 0 Å². The first-order chi connectivity index (χ1) is 26.7. The standard InChI is InChI=1S/C40H45F3N6O5S2/c1-56(53,54)47-21-17-35-33(25-47)39(45-49(35)24-32(50)23-46-19-15-31(16-20-46)48-18-5-8-38(48)52)29-11-14-34(40(41,42)43)36(22-29)55-26-37(51)44-30-12-9-28(10-13-30)27-6-3-2-4-7-27/h2-4,6-7,9-14,22,31-32,50H,5,8,15-21,23-26H2,1H3,(H,44,51). The topological polar surface area (TPSA) is 128 Å². The normalized spacial score (nSPS) is 17.9. The summed E-state index contributed by atoms with van der Waals surface area (Å²) < 4.78 is 71.1. The quantitative estimate of drug-likeness (QED) is 0.174. The number of benzene rings is 3. The molecule has 298 valence electrons. The summed E-state index contributed by atoms with van der Waals surface area (Å²) in [6, 6.07) is 20.8. The van der Waals surface area contributed by atoms with Crippen LogP contribution in [-0.4, -0.2) is 106 Å². The van der Waals surface area contributed by atoms with Gasteiger partial charge in [-0.25, -0.2) is 8.42 Å². The van der Waals surface area contributed by atoms with Gasteiger partial charge in [0, 0.05) is 85.6 Å². The van der Waals surface area contributed by atoms with Crippen molar-refractivity contribution in [2.45, 2.75) is 68.4 Å². The molecule has 0 radical (unpaired) electrons. The van der Waals surface area contributed by atoms with Crippen molar-refractivity contribution in [3.8, 4) is 22.4 Å². The van der Waals surface area contributed by atoms with Gasteiger partial charge in [-0.05, 0) is 54.7 Å². The van der Waals surface area contributed by atoms with Crippen molar-refractivity contribution >= 4 is 39.3 Å². The monoisotopic (exact) mass is 810 g/mol. The molecule has 3 aromatic carbocycles. The Balaban J connectivity index is 1.08. The van der Waals surface area contributed by atoms with E-state index in [9.17, 15) is 36.3 Å². The van der Waals surface area contributed by atoms with Crippen molar-refractivity contribution in [3.63, 3.8) is 0 Å². The number of sulfonamides is 1. The second kappa shape index (κ2) is 16.7. The number of likely N-dealkylation sites (tertiary alicyclic amines) is 2. The highest BCUT2D eigenvalue weighted by Gasteiger charge is 2.36. The maximum atomic E-state index is 14.3. The first kappa shape index (κ1) is 40.0. The fourth-order valence-electron chi connectivity index (χ4n) is 7.90. The molecule has 0 bridgehead atoms. The lowest BCUT2D eigenvalue weighted by Gasteiger charge is -2.37. The molecule has 3 aliphatic heterocycles. The molecule has 2 N–H and O–H groups in total. The highest BCUT2D eigenvalue weighted by atomic mass is 32.2. The van der Waals surface area contributed by atoms with E-state index in [2.05, 4.69) is 10.2 Å². The van der Waals surface area contributed by atoms with E-state index in [1.807, 2.05) is 47.4 Å². The molecule has 2 amide bonds. The molecule has 1 aromatic heterocycles. The SMILES string of the molecule is CS(=O)(=O)N1CCc2c(c(-c3ccc(C(F)(F)F)c(SCC(=O)Nc4ccc(-c5ccccc5)cc4)c3)nn2CC(O)CN2CCC(N3CCCC3=O)CC2)C1. The number of fused-ring (bicyclic) bond motifs is 1. The third kappa shape index (κ3) is 9.31. The highest BCUT2D eigenvalue weighted by Crippen LogP contribution is 2.40. The second-order valence-electron chi connectivity index (χ2n) is 14.7. The number of aliphatic hydroxyl groups is 1. The van der Waals surface area contributed by atoms with Crippen LogP contribution in [0.15, 0.2) is 77.7 Å². The predicted octanol–water partition coefficient (Wildman–Crippen LogP) is 5.73. The Hall–Kier alpha value is -4.22. The molecule has 56 heavy (non-hydrogen) atoms. The molecular weight excluding hydrogens is 766 g/mol. The maximum absolute atomic E-state index is 14.3. The van der Waals surface area contributed by atoms with Crippen LogP contribution >= 0.6 is 11.8 Å². The number of piperidine rings is 1. The van der Waals surface area contributed by atoms with Gasteiger partial charge in [0.15, 0.2) is 0 Å². The van der Waals surface area contributed by atoms with Crippen LogP contribution in [0.4, 0.5) is 18.9 Å². The summed E-state index contributed by atoms with van der Waals surface area (Å²) >= 11 is 0.757. The molecular formula is C40H45F3N6O5S2. The molecule has 0 spiro atoms. The Morgan fingerprint density at radius 2 is 1.64 bits per heavy atom. The van der Waals surface area contributed by atoms with Crippen LogP contribution in [0, 0.1) is 0 Å². The molecule has 4 heterocycles. The van der Waals surface area contributed by atoms with Crippen LogP contribution < -0.4 is 5.32 Å². The Bertz CT molecular complexity index is 2160. The smallest absolute Gasteiger partial charge is 0.390 e. The van der Waals surface area contributed by atoms with Gasteiger partial charge in [0.1, 0.15) is 0 Å². The van der Waals surface area contributed by atoms with Crippen LogP contribution in [0.2, 0.25) is 0 Å². The largest absolute Gasteiger partial charge is 0.417 e. The first-order valence-corrected chi connectivity index (χ1v) is 21.6. The molecule has 1 atom stereocenters. The molecule has 2 saturated heterocycles. The number of alkyl halides is 3. The van der Waals surface area contributed by atoms with Gasteiger partial charge in [0.25, 0.3) is 0 Å². The van der Waals surface area contributed by atoms with Crippen molar-refractivity contribution < 1.29 is 36.3 Å². The molecule has 0 saturated carbocycles. The number of aromatic nitrogens is 2. The van der Waals surface area contributed by atoms with Gasteiger partial charge in [0.2, 0.25) is 21.8 Å². The minimum Gasteiger partial charge on any atom is -0.390 e. The molecule has 3 aliphatic rings. The van der Waals surface area contributed by atoms with Gasteiger partial charge in [0.05, 0.1) is 35.9 Å². The van der Waals surface area contributed by atoms with Gasteiger partial charge in [-0.2, -0.15) is 22.6 Å². The fraction of sp³-hybridized carbons (Fsp3) is 0.425. The van der Waals surface area contributed by atoms with E-state index >= 15 is 0 Å². The van der Waals surface area contributed by atoms with E-state index in [1.165, 1.54) is 16.4 Å². The van der Waals surface area contributed by atoms with Gasteiger partial charge in [-0.1, -0.05) is 48.5 Å². The Kier molecular flexibility index (Phi) is 11.9. The minimum atomic E-state index is -4.70. The number of aliphatic hydroxyl groups excluding tert-OH is 1. The summed E-state index contributed by atoms with van der Waals surface area (Å²) in [6.45, 7) is 2.95. The van der Waals surface area contributed by atoms with Gasteiger partial charge in [-0.3, -0.25) is 14.3 Å². The number of halogens is 3. The highest BCUT2D eigenvalue weighted by molar-refractivity contribution is 8.00. The van der Waals surface area contributed by atoms with E-state index in [4.69, 9.17) is 5.10 Å². The zero-order valence-corrected chi connectivity index (χ0v) is 32.7. The molecule has 0 aliphatic carbocycles. The third-order valence-corrected chi connectivity index (χ3v) is 13.0. The van der Waals surface area contributed by atoms with Crippen LogP contribution in [-0.2, 0) is 45.3 Å². The lowest BCUT2D eigenvalue weighted by Crippen LogP contribution is -2.47. The summed E-state index contributed by atoms with van der Waals surface area (Å²) in [5.74, 6) is -0.559. The van der Waals surface area contributed by atoms with Gasteiger partial charge >= 0.3 is 6.18 Å². The number of carbonyl (C=O) groups is 2. The van der Waals surface area contributed by atoms with E-state index < -0.39 is 33.8 Å². The number of hydrogen-bond acceptors (Lipinski definition) is 8. The zero-order valence-electron chi connectivity index (χ0n) is 31.0. The molecule has 1 unspecified atom stereocenters. The van der Waals surface area contributed by atoms with E-state index in [0.29, 0.717) is 41.9 Å². The maximum Gasteiger partial charge on any atom is 0.417 e. The third-order valence-electron chi connectivity index (χ3n) is 10.7. The number of amides is 2. The van der Waals surface area contributed by atoms with Crippen molar-refractivity contribution in [3.05, 3.63) is 89.6 Å². The molecule has 7 rings (SSSR count). The summed E-state index contributed by atoms with van der Waals surface area (Å²) in [4.78, 5) is 29.2. The number of carbonyl (C=O) groups excluding carboxylic acids is 2. The van der Waals surface area contributed by atoms with Gasteiger partial charge in [-0.15, -0.1) is 11.8 Å². The summed E-state index contributed by atoms with van der Waals surface area (Å²) in [6.07, 6.45) is -0.929. The number of nitrogens with zero attached hydrogens (tertiary/aromatic N) is 5. The van der Waals surface area contributed by atoms with Crippen LogP contribution in [0.1, 0.15) is 42.5 Å². The van der Waals surface area contributed by atoms with Crippen LogP contribution in [0.25, 0.3) is 22.4 Å². The fourth-order valence-corrected chi connectivity index (χ4v) is 9.59. The predicted molar refractivity (Wildman–Crippen MR) is 209 cm³/mol. The average Bonchev–Trinajstić information content (AvgIpc) is 3.77. The summed E-state index contributed by atoms with van der Waals surface area (Å²) in [5, 5.41) is 18.8. The Labute approximate surface area is 328 Å². The average molecular weight is 811 g/mol. The van der Waals surface area contributed by atoms with E-state index in [1.54, 1.807) is 16.8 Å². The molecule has 2 fully saturated rings. The first-order valence-electron chi connectivity index (χ1n) is 18.8. The number of rotatable bonds is 12. The Morgan fingerprint density at radius 3 is 2.30 bits per heavy atom. The minimum absolute atomic E-state index is 0.0166. The zero-order chi connectivity index (χ0) is 39.6. The Morgan fingerprint density at radius 1 is 0.946 bits per heavy atom.